The molecule has 21 heavy (non-hydrogen) atoms. The van der Waals surface area contributed by atoms with Gasteiger partial charge in [-0.25, -0.2) is 8.42 Å². The Kier molecular flexibility index (Phi) is 4.71. The van der Waals surface area contributed by atoms with Crippen molar-refractivity contribution in [1.82, 2.24) is 4.90 Å². The van der Waals surface area contributed by atoms with Gasteiger partial charge in [-0.3, -0.25) is 4.79 Å². The Bertz CT molecular complexity index is 629. The van der Waals surface area contributed by atoms with Crippen LogP contribution >= 0.6 is 0 Å². The lowest BCUT2D eigenvalue weighted by molar-refractivity contribution is 0.0697. The fraction of sp³-hybridized carbons (Fsp3) is 0.562. The minimum atomic E-state index is -2.93. The summed E-state index contributed by atoms with van der Waals surface area (Å²) in [6.45, 7) is 5.27. The zero-order valence-corrected chi connectivity index (χ0v) is 13.7. The largest absolute Gasteiger partial charge is 0.339 e. The van der Waals surface area contributed by atoms with Crippen LogP contribution in [0.4, 0.5) is 0 Å². The van der Waals surface area contributed by atoms with Crippen molar-refractivity contribution in [3.8, 4) is 0 Å². The van der Waals surface area contributed by atoms with Gasteiger partial charge in [0.05, 0.1) is 5.75 Å². The number of carbonyl (C=O) groups excluding carboxylic acids is 1. The SMILES string of the molecule is Cc1cccc(C(=O)N2CCC(CS(C)(=O)=O)CC2)c1C. The Balaban J connectivity index is 2.02. The zero-order chi connectivity index (χ0) is 15.6. The summed E-state index contributed by atoms with van der Waals surface area (Å²) in [5.41, 5.74) is 2.91. The number of hydrogen-bond donors (Lipinski definition) is 0. The first-order chi connectivity index (χ1) is 9.78. The molecule has 0 aliphatic carbocycles. The molecule has 1 aromatic rings. The number of hydrogen-bond acceptors (Lipinski definition) is 3. The highest BCUT2D eigenvalue weighted by Gasteiger charge is 2.26. The van der Waals surface area contributed by atoms with E-state index in [9.17, 15) is 13.2 Å². The molecule has 0 radical (unpaired) electrons. The van der Waals surface area contributed by atoms with E-state index in [1.165, 1.54) is 6.26 Å². The van der Waals surface area contributed by atoms with E-state index in [2.05, 4.69) is 0 Å². The first-order valence-electron chi connectivity index (χ1n) is 7.31. The minimum absolute atomic E-state index is 0.0639. The molecule has 4 nitrogen and oxygen atoms in total. The van der Waals surface area contributed by atoms with Gasteiger partial charge in [-0.05, 0) is 49.8 Å². The Labute approximate surface area is 127 Å². The molecule has 0 aromatic heterocycles. The molecule has 0 unspecified atom stereocenters. The maximum atomic E-state index is 12.6. The van der Waals surface area contributed by atoms with Crippen molar-refractivity contribution >= 4 is 15.7 Å². The van der Waals surface area contributed by atoms with E-state index in [0.717, 1.165) is 29.5 Å². The monoisotopic (exact) mass is 309 g/mol. The van der Waals surface area contributed by atoms with E-state index in [-0.39, 0.29) is 17.6 Å². The molecule has 116 valence electrons. The van der Waals surface area contributed by atoms with Gasteiger partial charge in [0.15, 0.2) is 0 Å². The lowest BCUT2D eigenvalue weighted by atomic mass is 9.97. The molecule has 0 atom stereocenters. The van der Waals surface area contributed by atoms with Crippen LogP contribution in [-0.2, 0) is 9.84 Å². The number of rotatable bonds is 3. The fourth-order valence-corrected chi connectivity index (χ4v) is 4.07. The molecule has 1 heterocycles. The molecular formula is C16H23NO3S. The zero-order valence-electron chi connectivity index (χ0n) is 12.9. The predicted molar refractivity (Wildman–Crippen MR) is 84.3 cm³/mol. The molecule has 1 aliphatic rings. The minimum Gasteiger partial charge on any atom is -0.339 e. The molecular weight excluding hydrogens is 286 g/mol. The highest BCUT2D eigenvalue weighted by Crippen LogP contribution is 2.22. The molecule has 1 fully saturated rings. The Hall–Kier alpha value is -1.36. The van der Waals surface area contributed by atoms with Crippen LogP contribution < -0.4 is 0 Å². The second kappa shape index (κ2) is 6.18. The van der Waals surface area contributed by atoms with E-state index in [4.69, 9.17) is 0 Å². The normalized spacial score (nSPS) is 17.0. The van der Waals surface area contributed by atoms with Crippen molar-refractivity contribution in [3.05, 3.63) is 34.9 Å². The van der Waals surface area contributed by atoms with Gasteiger partial charge in [0, 0.05) is 24.9 Å². The van der Waals surface area contributed by atoms with Crippen molar-refractivity contribution in [3.63, 3.8) is 0 Å². The third-order valence-corrected chi connectivity index (χ3v) is 5.35. The van der Waals surface area contributed by atoms with Gasteiger partial charge in [-0.15, -0.1) is 0 Å². The summed E-state index contributed by atoms with van der Waals surface area (Å²) in [7, 11) is -2.93. The number of likely N-dealkylation sites (tertiary alicyclic amines) is 1. The van der Waals surface area contributed by atoms with Crippen LogP contribution in [-0.4, -0.2) is 44.3 Å². The number of amides is 1. The molecule has 0 N–H and O–H groups in total. The summed E-state index contributed by atoms with van der Waals surface area (Å²) < 4.78 is 22.7. The number of sulfone groups is 1. The molecule has 1 saturated heterocycles. The van der Waals surface area contributed by atoms with Gasteiger partial charge >= 0.3 is 0 Å². The van der Waals surface area contributed by atoms with E-state index < -0.39 is 9.84 Å². The Morgan fingerprint density at radius 3 is 2.43 bits per heavy atom. The van der Waals surface area contributed by atoms with E-state index in [1.54, 1.807) is 0 Å². The maximum Gasteiger partial charge on any atom is 0.254 e. The summed E-state index contributed by atoms with van der Waals surface area (Å²) >= 11 is 0. The molecule has 1 amide bonds. The molecule has 5 heteroatoms. The summed E-state index contributed by atoms with van der Waals surface area (Å²) in [5.74, 6) is 0.482. The van der Waals surface area contributed by atoms with Crippen molar-refractivity contribution in [2.45, 2.75) is 26.7 Å². The highest BCUT2D eigenvalue weighted by atomic mass is 32.2. The number of benzene rings is 1. The number of carbonyl (C=O) groups is 1. The van der Waals surface area contributed by atoms with Crippen LogP contribution in [0, 0.1) is 19.8 Å². The lowest BCUT2D eigenvalue weighted by Crippen LogP contribution is -2.40. The number of piperidine rings is 1. The third kappa shape index (κ3) is 4.06. The predicted octanol–water partition coefficient (Wildman–Crippen LogP) is 2.20. The molecule has 0 saturated carbocycles. The van der Waals surface area contributed by atoms with E-state index >= 15 is 0 Å². The highest BCUT2D eigenvalue weighted by molar-refractivity contribution is 7.90. The topological polar surface area (TPSA) is 54.5 Å². The molecule has 1 aliphatic heterocycles. The van der Waals surface area contributed by atoms with Crippen molar-refractivity contribution < 1.29 is 13.2 Å². The smallest absolute Gasteiger partial charge is 0.254 e. The summed E-state index contributed by atoms with van der Waals surface area (Å²) in [5, 5.41) is 0. The third-order valence-electron chi connectivity index (χ3n) is 4.28. The van der Waals surface area contributed by atoms with Crippen molar-refractivity contribution in [1.29, 1.82) is 0 Å². The average molecular weight is 309 g/mol. The quantitative estimate of drug-likeness (QED) is 0.860. The lowest BCUT2D eigenvalue weighted by Gasteiger charge is -2.32. The first kappa shape index (κ1) is 16.0. The Morgan fingerprint density at radius 1 is 1.24 bits per heavy atom. The van der Waals surface area contributed by atoms with Crippen LogP contribution in [0.3, 0.4) is 0 Å². The average Bonchev–Trinajstić information content (AvgIpc) is 2.40. The van der Waals surface area contributed by atoms with E-state index in [0.29, 0.717) is 13.1 Å². The maximum absolute atomic E-state index is 12.6. The second-order valence-electron chi connectivity index (χ2n) is 6.08. The van der Waals surface area contributed by atoms with E-state index in [1.807, 2.05) is 36.9 Å². The van der Waals surface area contributed by atoms with Gasteiger partial charge in [0.2, 0.25) is 0 Å². The first-order valence-corrected chi connectivity index (χ1v) is 9.37. The van der Waals surface area contributed by atoms with Gasteiger partial charge in [-0.2, -0.15) is 0 Å². The van der Waals surface area contributed by atoms with Gasteiger partial charge < -0.3 is 4.90 Å². The van der Waals surface area contributed by atoms with Crippen LogP contribution in [0.5, 0.6) is 0 Å². The number of aryl methyl sites for hydroxylation is 1. The van der Waals surface area contributed by atoms with Crippen molar-refractivity contribution in [2.75, 3.05) is 25.1 Å². The van der Waals surface area contributed by atoms with Gasteiger partial charge in [0.25, 0.3) is 5.91 Å². The standard InChI is InChI=1S/C16H23NO3S/c1-12-5-4-6-15(13(12)2)16(18)17-9-7-14(8-10-17)11-21(3,19)20/h4-6,14H,7-11H2,1-3H3. The molecule has 1 aromatic carbocycles. The van der Waals surface area contributed by atoms with Crippen LogP contribution in [0.1, 0.15) is 34.3 Å². The number of nitrogens with zero attached hydrogens (tertiary/aromatic N) is 1. The van der Waals surface area contributed by atoms with Crippen LogP contribution in [0.2, 0.25) is 0 Å². The summed E-state index contributed by atoms with van der Waals surface area (Å²) in [4.78, 5) is 14.4. The van der Waals surface area contributed by atoms with Gasteiger partial charge in [-0.1, -0.05) is 12.1 Å². The fourth-order valence-electron chi connectivity index (χ4n) is 2.88. The molecule has 2 rings (SSSR count). The van der Waals surface area contributed by atoms with Crippen molar-refractivity contribution in [2.24, 2.45) is 5.92 Å². The van der Waals surface area contributed by atoms with Crippen LogP contribution in [0.15, 0.2) is 18.2 Å². The molecule has 0 spiro atoms. The van der Waals surface area contributed by atoms with Crippen LogP contribution in [0.25, 0.3) is 0 Å². The summed E-state index contributed by atoms with van der Waals surface area (Å²) in [6, 6.07) is 5.78. The Morgan fingerprint density at radius 2 is 1.86 bits per heavy atom. The second-order valence-corrected chi connectivity index (χ2v) is 8.26. The summed E-state index contributed by atoms with van der Waals surface area (Å²) in [6.07, 6.45) is 2.81. The van der Waals surface area contributed by atoms with Gasteiger partial charge in [0.1, 0.15) is 9.84 Å². The molecule has 0 bridgehead atoms.